The van der Waals surface area contributed by atoms with Gasteiger partial charge in [-0.25, -0.2) is 9.97 Å². The van der Waals surface area contributed by atoms with E-state index in [1.807, 2.05) is 0 Å². The van der Waals surface area contributed by atoms with Crippen LogP contribution in [0, 0.1) is 13.8 Å². The van der Waals surface area contributed by atoms with Gasteiger partial charge in [0.2, 0.25) is 0 Å². The fraction of sp³-hybridized carbons (Fsp3) is 0.333. The van der Waals surface area contributed by atoms with E-state index in [1.165, 1.54) is 27.9 Å². The molecule has 0 saturated heterocycles. The molecule has 1 N–H and O–H groups in total. The molecule has 1 aliphatic rings. The van der Waals surface area contributed by atoms with Gasteiger partial charge in [0, 0.05) is 30.6 Å². The highest BCUT2D eigenvalue weighted by atomic mass is 14.9. The highest BCUT2D eigenvalue weighted by Crippen LogP contribution is 2.26. The van der Waals surface area contributed by atoms with E-state index in [-0.39, 0.29) is 0 Å². The van der Waals surface area contributed by atoms with E-state index >= 15 is 0 Å². The smallest absolute Gasteiger partial charge is 0.116 e. The van der Waals surface area contributed by atoms with Gasteiger partial charge in [0.1, 0.15) is 6.33 Å². The maximum absolute atomic E-state index is 4.48. The topological polar surface area (TPSA) is 37.8 Å². The summed E-state index contributed by atoms with van der Waals surface area (Å²) in [7, 11) is 0. The zero-order chi connectivity index (χ0) is 12.5. The molecule has 2 heterocycles. The quantitative estimate of drug-likeness (QED) is 0.830. The molecular formula is C15H17N3. The van der Waals surface area contributed by atoms with E-state index in [1.54, 1.807) is 6.33 Å². The van der Waals surface area contributed by atoms with Gasteiger partial charge in [0.25, 0.3) is 0 Å². The zero-order valence-corrected chi connectivity index (χ0v) is 10.8. The first-order valence-electron chi connectivity index (χ1n) is 6.37. The van der Waals surface area contributed by atoms with Crippen molar-refractivity contribution in [2.45, 2.75) is 26.8 Å². The van der Waals surface area contributed by atoms with Crippen molar-refractivity contribution in [2.75, 3.05) is 6.54 Å². The molecule has 1 aliphatic heterocycles. The van der Waals surface area contributed by atoms with Gasteiger partial charge in [-0.3, -0.25) is 0 Å². The first-order chi connectivity index (χ1) is 8.75. The number of nitrogens with one attached hydrogen (secondary N) is 1. The van der Waals surface area contributed by atoms with Crippen molar-refractivity contribution in [1.29, 1.82) is 0 Å². The molecule has 0 spiro atoms. The number of nitrogens with zero attached hydrogens (tertiary/aromatic N) is 2. The van der Waals surface area contributed by atoms with Gasteiger partial charge in [-0.1, -0.05) is 12.1 Å². The molecule has 3 nitrogen and oxygen atoms in total. The number of aryl methyl sites for hydroxylation is 2. The third-order valence-corrected chi connectivity index (χ3v) is 3.66. The predicted molar refractivity (Wildman–Crippen MR) is 72.4 cm³/mol. The molecule has 0 atom stereocenters. The average Bonchev–Trinajstić information content (AvgIpc) is 2.41. The molecule has 0 unspecified atom stereocenters. The number of aromatic nitrogens is 2. The highest BCUT2D eigenvalue weighted by Gasteiger charge is 2.16. The summed E-state index contributed by atoms with van der Waals surface area (Å²) >= 11 is 0. The molecular weight excluding hydrogens is 222 g/mol. The lowest BCUT2D eigenvalue weighted by atomic mass is 9.98. The van der Waals surface area contributed by atoms with Gasteiger partial charge in [0.05, 0.1) is 11.4 Å². The Kier molecular flexibility index (Phi) is 2.84. The molecule has 3 rings (SSSR count). The number of hydrogen-bond acceptors (Lipinski definition) is 3. The van der Waals surface area contributed by atoms with Crippen LogP contribution in [0.5, 0.6) is 0 Å². The number of rotatable bonds is 1. The first-order valence-corrected chi connectivity index (χ1v) is 6.37. The highest BCUT2D eigenvalue weighted by molar-refractivity contribution is 5.65. The van der Waals surface area contributed by atoms with E-state index in [4.69, 9.17) is 0 Å². The SMILES string of the molecule is Cc1ccc(-c2ncnc3c2CNCC3)cc1C. The Balaban J connectivity index is 2.13. The molecule has 0 aliphatic carbocycles. The van der Waals surface area contributed by atoms with Crippen LogP contribution in [0.25, 0.3) is 11.3 Å². The predicted octanol–water partition coefficient (Wildman–Crippen LogP) is 2.41. The Morgan fingerprint density at radius 2 is 2.00 bits per heavy atom. The molecule has 0 radical (unpaired) electrons. The van der Waals surface area contributed by atoms with Gasteiger partial charge < -0.3 is 5.32 Å². The summed E-state index contributed by atoms with van der Waals surface area (Å²) in [6, 6.07) is 6.53. The van der Waals surface area contributed by atoms with Crippen molar-refractivity contribution in [2.24, 2.45) is 0 Å². The Bertz CT molecular complexity index is 590. The monoisotopic (exact) mass is 239 g/mol. The van der Waals surface area contributed by atoms with Crippen LogP contribution < -0.4 is 5.32 Å². The fourth-order valence-electron chi connectivity index (χ4n) is 2.41. The molecule has 2 aromatic rings. The third-order valence-electron chi connectivity index (χ3n) is 3.66. The van der Waals surface area contributed by atoms with Gasteiger partial charge in [-0.2, -0.15) is 0 Å². The van der Waals surface area contributed by atoms with Crippen LogP contribution in [-0.4, -0.2) is 16.5 Å². The Morgan fingerprint density at radius 1 is 1.11 bits per heavy atom. The fourth-order valence-corrected chi connectivity index (χ4v) is 2.41. The van der Waals surface area contributed by atoms with Crippen LogP contribution in [-0.2, 0) is 13.0 Å². The molecule has 0 amide bonds. The van der Waals surface area contributed by atoms with Crippen LogP contribution in [0.15, 0.2) is 24.5 Å². The lowest BCUT2D eigenvalue weighted by molar-refractivity contribution is 0.627. The van der Waals surface area contributed by atoms with E-state index in [0.29, 0.717) is 0 Å². The van der Waals surface area contributed by atoms with Crippen molar-refractivity contribution in [1.82, 2.24) is 15.3 Å². The van der Waals surface area contributed by atoms with E-state index in [2.05, 4.69) is 47.3 Å². The molecule has 92 valence electrons. The van der Waals surface area contributed by atoms with Crippen molar-refractivity contribution < 1.29 is 0 Å². The summed E-state index contributed by atoms with van der Waals surface area (Å²) in [6.07, 6.45) is 2.68. The Morgan fingerprint density at radius 3 is 2.83 bits per heavy atom. The van der Waals surface area contributed by atoms with Crippen LogP contribution in [0.4, 0.5) is 0 Å². The number of benzene rings is 1. The van der Waals surface area contributed by atoms with E-state index in [0.717, 1.165) is 25.2 Å². The number of fused-ring (bicyclic) bond motifs is 1. The maximum Gasteiger partial charge on any atom is 0.116 e. The largest absolute Gasteiger partial charge is 0.312 e. The summed E-state index contributed by atoms with van der Waals surface area (Å²) in [6.45, 7) is 6.16. The molecule has 0 saturated carbocycles. The second-order valence-electron chi connectivity index (χ2n) is 4.87. The maximum atomic E-state index is 4.48. The minimum Gasteiger partial charge on any atom is -0.312 e. The van der Waals surface area contributed by atoms with Crippen LogP contribution in [0.1, 0.15) is 22.4 Å². The Labute approximate surface area is 107 Å². The van der Waals surface area contributed by atoms with Crippen molar-refractivity contribution in [3.63, 3.8) is 0 Å². The summed E-state index contributed by atoms with van der Waals surface area (Å²) in [4.78, 5) is 8.88. The van der Waals surface area contributed by atoms with Crippen molar-refractivity contribution in [3.05, 3.63) is 46.9 Å². The van der Waals surface area contributed by atoms with E-state index in [9.17, 15) is 0 Å². The summed E-state index contributed by atoms with van der Waals surface area (Å²) in [5.41, 5.74) is 7.35. The van der Waals surface area contributed by atoms with Gasteiger partial charge in [-0.15, -0.1) is 0 Å². The van der Waals surface area contributed by atoms with Gasteiger partial charge >= 0.3 is 0 Å². The van der Waals surface area contributed by atoms with E-state index < -0.39 is 0 Å². The Hall–Kier alpha value is -1.74. The van der Waals surface area contributed by atoms with Gasteiger partial charge in [0.15, 0.2) is 0 Å². The molecule has 18 heavy (non-hydrogen) atoms. The van der Waals surface area contributed by atoms with Crippen molar-refractivity contribution >= 4 is 0 Å². The third kappa shape index (κ3) is 1.91. The molecule has 0 bridgehead atoms. The summed E-state index contributed by atoms with van der Waals surface area (Å²) < 4.78 is 0. The van der Waals surface area contributed by atoms with Crippen LogP contribution >= 0.6 is 0 Å². The molecule has 1 aromatic carbocycles. The van der Waals surface area contributed by atoms with Crippen LogP contribution in [0.2, 0.25) is 0 Å². The minimum atomic E-state index is 0.873. The zero-order valence-electron chi connectivity index (χ0n) is 10.8. The number of hydrogen-bond donors (Lipinski definition) is 1. The molecule has 1 aromatic heterocycles. The molecule has 3 heteroatoms. The first kappa shape index (κ1) is 11.4. The normalized spacial score (nSPS) is 14.3. The lowest BCUT2D eigenvalue weighted by Crippen LogP contribution is -2.25. The van der Waals surface area contributed by atoms with Gasteiger partial charge in [-0.05, 0) is 31.0 Å². The molecule has 0 fully saturated rings. The van der Waals surface area contributed by atoms with Crippen LogP contribution in [0.3, 0.4) is 0 Å². The minimum absolute atomic E-state index is 0.873. The lowest BCUT2D eigenvalue weighted by Gasteiger charge is -2.18. The second kappa shape index (κ2) is 4.50. The summed E-state index contributed by atoms with van der Waals surface area (Å²) in [5.74, 6) is 0. The summed E-state index contributed by atoms with van der Waals surface area (Å²) in [5, 5.41) is 3.40. The average molecular weight is 239 g/mol. The second-order valence-corrected chi connectivity index (χ2v) is 4.87. The van der Waals surface area contributed by atoms with Crippen molar-refractivity contribution in [3.8, 4) is 11.3 Å². The standard InChI is InChI=1S/C15H17N3/c1-10-3-4-12(7-11(10)2)15-13-8-16-6-5-14(13)17-9-18-15/h3-4,7,9,16H,5-6,8H2,1-2H3.